The van der Waals surface area contributed by atoms with E-state index < -0.39 is 0 Å². The highest BCUT2D eigenvalue weighted by molar-refractivity contribution is 9.10. The van der Waals surface area contributed by atoms with Gasteiger partial charge in [0.25, 0.3) is 0 Å². The van der Waals surface area contributed by atoms with Gasteiger partial charge in [0, 0.05) is 4.47 Å². The van der Waals surface area contributed by atoms with E-state index in [1.54, 1.807) is 13.0 Å². The molecule has 20 heavy (non-hydrogen) atoms. The van der Waals surface area contributed by atoms with E-state index in [4.69, 9.17) is 4.74 Å². The second kappa shape index (κ2) is 5.41. The van der Waals surface area contributed by atoms with Crippen LogP contribution in [0.5, 0.6) is 11.5 Å². The van der Waals surface area contributed by atoms with Crippen LogP contribution < -0.4 is 4.74 Å². The number of hydrogen-bond acceptors (Lipinski definition) is 2. The van der Waals surface area contributed by atoms with Crippen molar-refractivity contribution < 1.29 is 9.53 Å². The molecule has 0 aromatic heterocycles. The molecular formula is C17H15BrO2. The number of benzene rings is 2. The van der Waals surface area contributed by atoms with Gasteiger partial charge in [-0.3, -0.25) is 4.79 Å². The Labute approximate surface area is 126 Å². The van der Waals surface area contributed by atoms with Crippen molar-refractivity contribution >= 4 is 21.7 Å². The van der Waals surface area contributed by atoms with Gasteiger partial charge < -0.3 is 4.74 Å². The molecular weight excluding hydrogens is 316 g/mol. The Bertz CT molecular complexity index is 677. The molecule has 1 aliphatic carbocycles. The minimum absolute atomic E-state index is 0.00802. The molecule has 0 radical (unpaired) electrons. The van der Waals surface area contributed by atoms with E-state index in [2.05, 4.69) is 28.1 Å². The highest BCUT2D eigenvalue weighted by Gasteiger charge is 2.14. The van der Waals surface area contributed by atoms with Crippen molar-refractivity contribution in [2.45, 2.75) is 26.2 Å². The Morgan fingerprint density at radius 1 is 1.10 bits per heavy atom. The smallest absolute Gasteiger partial charge is 0.163 e. The Hall–Kier alpha value is -1.61. The molecule has 0 spiro atoms. The van der Waals surface area contributed by atoms with Crippen LogP contribution in [0, 0.1) is 0 Å². The number of rotatable bonds is 3. The molecule has 1 aliphatic rings. The molecule has 0 N–H and O–H groups in total. The van der Waals surface area contributed by atoms with Crippen LogP contribution in [-0.2, 0) is 12.8 Å². The van der Waals surface area contributed by atoms with Crippen molar-refractivity contribution in [3.8, 4) is 11.5 Å². The molecule has 0 unspecified atom stereocenters. The lowest BCUT2D eigenvalue weighted by molar-refractivity contribution is 0.101. The summed E-state index contributed by atoms with van der Waals surface area (Å²) >= 11 is 3.42. The van der Waals surface area contributed by atoms with Crippen molar-refractivity contribution in [2.75, 3.05) is 0 Å². The standard InChI is InChI=1S/C17H15BrO2/c1-11(19)16-8-6-14(18)10-17(16)20-15-7-5-12-3-2-4-13(12)9-15/h5-10H,2-4H2,1H3. The maximum atomic E-state index is 11.7. The van der Waals surface area contributed by atoms with Gasteiger partial charge >= 0.3 is 0 Å². The van der Waals surface area contributed by atoms with Gasteiger partial charge in [-0.2, -0.15) is 0 Å². The summed E-state index contributed by atoms with van der Waals surface area (Å²) in [6, 6.07) is 11.7. The average molecular weight is 331 g/mol. The zero-order valence-electron chi connectivity index (χ0n) is 11.3. The number of hydrogen-bond donors (Lipinski definition) is 0. The van der Waals surface area contributed by atoms with Gasteiger partial charge in [0.1, 0.15) is 11.5 Å². The molecule has 3 rings (SSSR count). The first-order valence-corrected chi connectivity index (χ1v) is 7.53. The van der Waals surface area contributed by atoms with E-state index in [0.717, 1.165) is 23.1 Å². The molecule has 0 saturated carbocycles. The Morgan fingerprint density at radius 3 is 2.70 bits per heavy atom. The van der Waals surface area contributed by atoms with Crippen LogP contribution in [0.15, 0.2) is 40.9 Å². The molecule has 0 saturated heterocycles. The number of ketones is 1. The van der Waals surface area contributed by atoms with E-state index in [9.17, 15) is 4.79 Å². The van der Waals surface area contributed by atoms with Gasteiger partial charge in [-0.1, -0.05) is 22.0 Å². The van der Waals surface area contributed by atoms with Gasteiger partial charge in [-0.15, -0.1) is 0 Å². The fourth-order valence-corrected chi connectivity index (χ4v) is 2.95. The number of halogens is 1. The molecule has 2 nitrogen and oxygen atoms in total. The summed E-state index contributed by atoms with van der Waals surface area (Å²) in [5, 5.41) is 0. The van der Waals surface area contributed by atoms with E-state index in [0.29, 0.717) is 11.3 Å². The van der Waals surface area contributed by atoms with E-state index in [1.165, 1.54) is 17.5 Å². The predicted molar refractivity (Wildman–Crippen MR) is 82.7 cm³/mol. The van der Waals surface area contributed by atoms with Crippen molar-refractivity contribution in [1.82, 2.24) is 0 Å². The molecule has 2 aromatic carbocycles. The quantitative estimate of drug-likeness (QED) is 0.745. The second-order valence-electron chi connectivity index (χ2n) is 5.08. The fraction of sp³-hybridized carbons (Fsp3) is 0.235. The first-order chi connectivity index (χ1) is 9.63. The summed E-state index contributed by atoms with van der Waals surface area (Å²) in [6.45, 7) is 1.55. The molecule has 0 fully saturated rings. The summed E-state index contributed by atoms with van der Waals surface area (Å²) in [7, 11) is 0. The van der Waals surface area contributed by atoms with Crippen LogP contribution in [0.25, 0.3) is 0 Å². The van der Waals surface area contributed by atoms with Crippen LogP contribution in [0.4, 0.5) is 0 Å². The fourth-order valence-electron chi connectivity index (χ4n) is 2.61. The Morgan fingerprint density at radius 2 is 1.90 bits per heavy atom. The van der Waals surface area contributed by atoms with Crippen LogP contribution in [-0.4, -0.2) is 5.78 Å². The monoisotopic (exact) mass is 330 g/mol. The number of aryl methyl sites for hydroxylation is 2. The number of carbonyl (C=O) groups is 1. The molecule has 0 aliphatic heterocycles. The first-order valence-electron chi connectivity index (χ1n) is 6.73. The maximum Gasteiger partial charge on any atom is 0.163 e. The SMILES string of the molecule is CC(=O)c1ccc(Br)cc1Oc1ccc2c(c1)CCC2. The molecule has 0 bridgehead atoms. The van der Waals surface area contributed by atoms with Gasteiger partial charge in [0.2, 0.25) is 0 Å². The summed E-state index contributed by atoms with van der Waals surface area (Å²) in [6.07, 6.45) is 3.49. The second-order valence-corrected chi connectivity index (χ2v) is 6.00. The van der Waals surface area contributed by atoms with Crippen LogP contribution in [0.2, 0.25) is 0 Å². The maximum absolute atomic E-state index is 11.7. The highest BCUT2D eigenvalue weighted by Crippen LogP contribution is 2.32. The van der Waals surface area contributed by atoms with Crippen molar-refractivity contribution in [2.24, 2.45) is 0 Å². The lowest BCUT2D eigenvalue weighted by Crippen LogP contribution is -1.97. The molecule has 2 aromatic rings. The Balaban J connectivity index is 1.95. The van der Waals surface area contributed by atoms with Crippen LogP contribution >= 0.6 is 15.9 Å². The number of Topliss-reactive ketones (excluding diaryl/α,β-unsaturated/α-hetero) is 1. The van der Waals surface area contributed by atoms with Gasteiger partial charge in [-0.25, -0.2) is 0 Å². The van der Waals surface area contributed by atoms with Crippen molar-refractivity contribution in [3.05, 3.63) is 57.6 Å². The van der Waals surface area contributed by atoms with E-state index in [1.807, 2.05) is 18.2 Å². The molecule has 102 valence electrons. The number of fused-ring (bicyclic) bond motifs is 1. The zero-order valence-corrected chi connectivity index (χ0v) is 12.9. The van der Waals surface area contributed by atoms with Gasteiger partial charge in [0.05, 0.1) is 5.56 Å². The normalized spacial score (nSPS) is 13.1. The summed E-state index contributed by atoms with van der Waals surface area (Å²) in [5.74, 6) is 1.41. The topological polar surface area (TPSA) is 26.3 Å². The minimum Gasteiger partial charge on any atom is -0.457 e. The summed E-state index contributed by atoms with van der Waals surface area (Å²) in [4.78, 5) is 11.7. The van der Waals surface area contributed by atoms with Gasteiger partial charge in [-0.05, 0) is 67.6 Å². The zero-order chi connectivity index (χ0) is 14.1. The molecule has 0 heterocycles. The van der Waals surface area contributed by atoms with Crippen molar-refractivity contribution in [1.29, 1.82) is 0 Å². The third-order valence-corrected chi connectivity index (χ3v) is 4.11. The van der Waals surface area contributed by atoms with E-state index in [-0.39, 0.29) is 5.78 Å². The lowest BCUT2D eigenvalue weighted by Gasteiger charge is -2.11. The van der Waals surface area contributed by atoms with Crippen LogP contribution in [0.1, 0.15) is 34.8 Å². The summed E-state index contributed by atoms with van der Waals surface area (Å²) in [5.41, 5.74) is 3.38. The van der Waals surface area contributed by atoms with Crippen LogP contribution in [0.3, 0.4) is 0 Å². The highest BCUT2D eigenvalue weighted by atomic mass is 79.9. The summed E-state index contributed by atoms with van der Waals surface area (Å²) < 4.78 is 6.83. The molecule has 3 heteroatoms. The van der Waals surface area contributed by atoms with Crippen molar-refractivity contribution in [3.63, 3.8) is 0 Å². The molecule has 0 amide bonds. The molecule has 0 atom stereocenters. The number of ether oxygens (including phenoxy) is 1. The third kappa shape index (κ3) is 2.63. The minimum atomic E-state index is 0.00802. The lowest BCUT2D eigenvalue weighted by atomic mass is 10.1. The van der Waals surface area contributed by atoms with Gasteiger partial charge in [0.15, 0.2) is 5.78 Å². The predicted octanol–water partition coefficient (Wildman–Crippen LogP) is 4.93. The largest absolute Gasteiger partial charge is 0.457 e. The third-order valence-electron chi connectivity index (χ3n) is 3.62. The average Bonchev–Trinajstić information content (AvgIpc) is 2.85. The number of carbonyl (C=O) groups excluding carboxylic acids is 1. The first kappa shape index (κ1) is 13.4. The van der Waals surface area contributed by atoms with E-state index >= 15 is 0 Å². The Kier molecular flexibility index (Phi) is 3.62.